The van der Waals surface area contributed by atoms with Crippen LogP contribution in [0.25, 0.3) is 0 Å². The molecule has 0 saturated heterocycles. The molecule has 12 nitrogen and oxygen atoms in total. The average Bonchev–Trinajstić information content (AvgIpc) is 2.34. The van der Waals surface area contributed by atoms with E-state index in [0.717, 1.165) is 6.08 Å². The van der Waals surface area contributed by atoms with Gasteiger partial charge in [0.2, 0.25) is 0 Å². The molecule has 0 amide bonds. The number of hydrogen-bond acceptors (Lipinski definition) is 5. The SMILES string of the molecule is C=CC(=O)O.O=C(O)/C=C\C(=O)O.O=P(O)(O)CCP(=O)(O)O. The van der Waals surface area contributed by atoms with Crippen molar-refractivity contribution in [3.8, 4) is 0 Å². The van der Waals surface area contributed by atoms with E-state index in [9.17, 15) is 23.5 Å². The third-order valence-electron chi connectivity index (χ3n) is 1.23. The fraction of sp³-hybridized carbons (Fsp3) is 0.222. The van der Waals surface area contributed by atoms with Crippen LogP contribution in [0.1, 0.15) is 0 Å². The molecule has 0 rings (SSSR count). The van der Waals surface area contributed by atoms with Gasteiger partial charge in [-0.05, 0) is 0 Å². The van der Waals surface area contributed by atoms with E-state index >= 15 is 0 Å². The maximum Gasteiger partial charge on any atom is 0.328 e. The molecule has 0 fully saturated rings. The Kier molecular flexibility index (Phi) is 14.4. The predicted molar refractivity (Wildman–Crippen MR) is 76.1 cm³/mol. The van der Waals surface area contributed by atoms with Gasteiger partial charge in [-0.25, -0.2) is 14.4 Å². The first-order valence-corrected chi connectivity index (χ1v) is 8.78. The molecule has 0 unspecified atom stereocenters. The first kappa shape index (κ1) is 26.1. The molecule has 0 aromatic rings. The van der Waals surface area contributed by atoms with Crippen LogP contribution in [0.3, 0.4) is 0 Å². The van der Waals surface area contributed by atoms with Gasteiger partial charge in [0.15, 0.2) is 0 Å². The molecule has 23 heavy (non-hydrogen) atoms. The summed E-state index contributed by atoms with van der Waals surface area (Å²) >= 11 is 0. The fourth-order valence-corrected chi connectivity index (χ4v) is 2.49. The van der Waals surface area contributed by atoms with Crippen LogP contribution in [0.4, 0.5) is 0 Å². The molecule has 0 bridgehead atoms. The first-order chi connectivity index (χ1) is 10.1. The monoisotopic (exact) mass is 378 g/mol. The van der Waals surface area contributed by atoms with Gasteiger partial charge in [0.25, 0.3) is 0 Å². The zero-order chi connectivity index (χ0) is 19.3. The second-order valence-electron chi connectivity index (χ2n) is 3.33. The molecule has 7 N–H and O–H groups in total. The number of rotatable bonds is 6. The third kappa shape index (κ3) is 45.0. The molecule has 0 atom stereocenters. The van der Waals surface area contributed by atoms with E-state index in [2.05, 4.69) is 6.58 Å². The van der Waals surface area contributed by atoms with Gasteiger partial charge in [0, 0.05) is 18.2 Å². The lowest BCUT2D eigenvalue weighted by Crippen LogP contribution is -1.95. The van der Waals surface area contributed by atoms with Crippen LogP contribution in [0.15, 0.2) is 24.8 Å². The van der Waals surface area contributed by atoms with E-state index in [0.29, 0.717) is 12.2 Å². The van der Waals surface area contributed by atoms with Gasteiger partial charge in [-0.1, -0.05) is 6.58 Å². The lowest BCUT2D eigenvalue weighted by molar-refractivity contribution is -0.134. The second-order valence-corrected chi connectivity index (χ2v) is 6.88. The Hall–Kier alpha value is -1.81. The highest BCUT2D eigenvalue weighted by atomic mass is 31.2. The van der Waals surface area contributed by atoms with E-state index in [-0.39, 0.29) is 0 Å². The van der Waals surface area contributed by atoms with Crippen molar-refractivity contribution in [2.75, 3.05) is 12.3 Å². The molecule has 0 spiro atoms. The van der Waals surface area contributed by atoms with Crippen molar-refractivity contribution in [3.63, 3.8) is 0 Å². The van der Waals surface area contributed by atoms with Crippen LogP contribution in [0.5, 0.6) is 0 Å². The summed E-state index contributed by atoms with van der Waals surface area (Å²) in [6, 6.07) is 0. The first-order valence-electron chi connectivity index (χ1n) is 5.19. The third-order valence-corrected chi connectivity index (χ3v) is 3.19. The number of carbonyl (C=O) groups is 3. The lowest BCUT2D eigenvalue weighted by Gasteiger charge is -2.03. The molecular formula is C9H16O12P2. The average molecular weight is 378 g/mol. The molecule has 0 heterocycles. The summed E-state index contributed by atoms with van der Waals surface area (Å²) in [7, 11) is -8.51. The molecule has 134 valence electrons. The van der Waals surface area contributed by atoms with Gasteiger partial charge >= 0.3 is 33.1 Å². The van der Waals surface area contributed by atoms with E-state index in [1.807, 2.05) is 0 Å². The molecule has 0 aromatic carbocycles. The summed E-state index contributed by atoms with van der Waals surface area (Å²) in [5.74, 6) is -3.50. The van der Waals surface area contributed by atoms with Crippen molar-refractivity contribution in [2.45, 2.75) is 0 Å². The number of aliphatic carboxylic acids is 3. The van der Waals surface area contributed by atoms with Crippen molar-refractivity contribution < 1.29 is 58.4 Å². The highest BCUT2D eigenvalue weighted by Crippen LogP contribution is 2.42. The van der Waals surface area contributed by atoms with Gasteiger partial charge in [-0.15, -0.1) is 0 Å². The van der Waals surface area contributed by atoms with E-state index in [1.54, 1.807) is 0 Å². The predicted octanol–water partition coefficient (Wildman–Crippen LogP) is -0.689. The molecule has 0 radical (unpaired) electrons. The summed E-state index contributed by atoms with van der Waals surface area (Å²) in [5, 5.41) is 23.2. The summed E-state index contributed by atoms with van der Waals surface area (Å²) in [6.45, 7) is 2.96. The Morgan fingerprint density at radius 1 is 0.739 bits per heavy atom. The molecule has 0 saturated carbocycles. The van der Waals surface area contributed by atoms with Crippen LogP contribution in [0, 0.1) is 0 Å². The van der Waals surface area contributed by atoms with Gasteiger partial charge in [0.1, 0.15) is 0 Å². The summed E-state index contributed by atoms with van der Waals surface area (Å²) in [6.07, 6.45) is 0.416. The number of hydrogen-bond donors (Lipinski definition) is 7. The van der Waals surface area contributed by atoms with Crippen LogP contribution < -0.4 is 0 Å². The van der Waals surface area contributed by atoms with Crippen LogP contribution >= 0.6 is 15.2 Å². The Labute approximate surface area is 129 Å². The number of carboxylic acid groups (broad SMARTS) is 3. The maximum atomic E-state index is 10.0. The fourth-order valence-electron chi connectivity index (χ4n) is 0.403. The maximum absolute atomic E-state index is 10.0. The smallest absolute Gasteiger partial charge is 0.328 e. The van der Waals surface area contributed by atoms with E-state index < -0.39 is 45.4 Å². The number of carboxylic acids is 3. The highest BCUT2D eigenvalue weighted by molar-refractivity contribution is 7.56. The van der Waals surface area contributed by atoms with Crippen molar-refractivity contribution in [1.29, 1.82) is 0 Å². The second kappa shape index (κ2) is 12.7. The summed E-state index contributed by atoms with van der Waals surface area (Å²) in [5.41, 5.74) is 0. The zero-order valence-electron chi connectivity index (χ0n) is 11.4. The topological polar surface area (TPSA) is 227 Å². The van der Waals surface area contributed by atoms with Gasteiger partial charge in [-0.3, -0.25) is 9.13 Å². The lowest BCUT2D eigenvalue weighted by atomic mass is 10.5. The molecule has 14 heteroatoms. The Morgan fingerprint density at radius 3 is 1.04 bits per heavy atom. The normalized spacial score (nSPS) is 10.6. The Morgan fingerprint density at radius 2 is 0.957 bits per heavy atom. The van der Waals surface area contributed by atoms with E-state index in [1.165, 1.54) is 0 Å². The minimum atomic E-state index is -4.25. The van der Waals surface area contributed by atoms with Crippen LogP contribution in [0.2, 0.25) is 0 Å². The molecule has 0 aliphatic carbocycles. The van der Waals surface area contributed by atoms with Crippen LogP contribution in [-0.2, 0) is 23.5 Å². The molecular weight excluding hydrogens is 362 g/mol. The minimum Gasteiger partial charge on any atom is -0.478 e. The standard InChI is InChI=1S/C4H4O4.C3H4O2.C2H8O6P2/c5-3(6)1-2-4(7)8;1-2-3(4)5;3-9(4,5)1-2-10(6,7)8/h1-2H,(H,5,6)(H,7,8);2H,1H2,(H,4,5);1-2H2,(H2,3,4,5)(H2,6,7,8)/b2-1-;;. The van der Waals surface area contributed by atoms with Gasteiger partial charge < -0.3 is 34.9 Å². The highest BCUT2D eigenvalue weighted by Gasteiger charge is 2.20. The van der Waals surface area contributed by atoms with Crippen LogP contribution in [-0.4, -0.2) is 65.1 Å². The zero-order valence-corrected chi connectivity index (χ0v) is 13.2. The van der Waals surface area contributed by atoms with Crippen molar-refractivity contribution in [2.24, 2.45) is 0 Å². The van der Waals surface area contributed by atoms with Gasteiger partial charge in [0.05, 0.1) is 12.3 Å². The van der Waals surface area contributed by atoms with E-state index in [4.69, 9.17) is 34.9 Å². The molecule has 0 aliphatic heterocycles. The van der Waals surface area contributed by atoms with Gasteiger partial charge in [-0.2, -0.15) is 0 Å². The Balaban J connectivity index is -0.000000276. The largest absolute Gasteiger partial charge is 0.478 e. The quantitative estimate of drug-likeness (QED) is 0.225. The summed E-state index contributed by atoms with van der Waals surface area (Å²) in [4.78, 5) is 61.0. The van der Waals surface area contributed by atoms with Crippen molar-refractivity contribution in [1.82, 2.24) is 0 Å². The van der Waals surface area contributed by atoms with Crippen molar-refractivity contribution >= 4 is 33.1 Å². The van der Waals surface area contributed by atoms with Crippen molar-refractivity contribution in [3.05, 3.63) is 24.8 Å². The molecule has 0 aromatic heterocycles. The Bertz CT molecular complexity index is 487. The summed E-state index contributed by atoms with van der Waals surface area (Å²) < 4.78 is 20.1. The molecule has 0 aliphatic rings. The minimum absolute atomic E-state index is 0.558.